The zero-order valence-electron chi connectivity index (χ0n) is 16.9. The van der Waals surface area contributed by atoms with Gasteiger partial charge in [-0.1, -0.05) is 24.3 Å². The highest BCUT2D eigenvalue weighted by molar-refractivity contribution is 5.63. The van der Waals surface area contributed by atoms with Gasteiger partial charge in [0.1, 0.15) is 5.82 Å². The molecule has 0 N–H and O–H groups in total. The molecule has 0 saturated heterocycles. The number of benzene rings is 1. The van der Waals surface area contributed by atoms with Gasteiger partial charge in [0.25, 0.3) is 5.88 Å². The van der Waals surface area contributed by atoms with Crippen LogP contribution in [-0.4, -0.2) is 44.1 Å². The van der Waals surface area contributed by atoms with E-state index in [1.54, 1.807) is 19.4 Å². The van der Waals surface area contributed by atoms with E-state index < -0.39 is 4.92 Å². The van der Waals surface area contributed by atoms with Gasteiger partial charge in [-0.25, -0.2) is 9.97 Å². The highest BCUT2D eigenvalue weighted by atomic mass is 16.6. The maximum Gasteiger partial charge on any atom is 0.372 e. The molecule has 0 amide bonds. The molecule has 0 spiro atoms. The van der Waals surface area contributed by atoms with Crippen LogP contribution in [-0.2, 0) is 19.4 Å². The zero-order chi connectivity index (χ0) is 20.9. The molecule has 3 heterocycles. The number of aryl methyl sites for hydroxylation is 2. The summed E-state index contributed by atoms with van der Waals surface area (Å²) in [5.74, 6) is 0.835. The van der Waals surface area contributed by atoms with E-state index in [9.17, 15) is 10.1 Å². The first-order valence-corrected chi connectivity index (χ1v) is 10.0. The second-order valence-electron chi connectivity index (χ2n) is 7.26. The number of imidazole rings is 1. The number of aromatic nitrogens is 4. The van der Waals surface area contributed by atoms with E-state index in [1.807, 2.05) is 27.8 Å². The molecule has 0 aliphatic carbocycles. The summed E-state index contributed by atoms with van der Waals surface area (Å²) < 4.78 is 7.68. The van der Waals surface area contributed by atoms with Crippen LogP contribution in [0, 0.1) is 17.0 Å². The Balaban J connectivity index is 1.53. The van der Waals surface area contributed by atoms with Crippen LogP contribution >= 0.6 is 0 Å². The lowest BCUT2D eigenvalue weighted by Crippen LogP contribution is -2.28. The first kappa shape index (κ1) is 19.8. The minimum atomic E-state index is -0.433. The van der Waals surface area contributed by atoms with Gasteiger partial charge in [0.2, 0.25) is 5.82 Å². The number of rotatable bonds is 7. The van der Waals surface area contributed by atoms with E-state index in [0.29, 0.717) is 37.8 Å². The number of hydrogen-bond acceptors (Lipinski definition) is 7. The summed E-state index contributed by atoms with van der Waals surface area (Å²) in [7, 11) is 0. The van der Waals surface area contributed by atoms with Crippen LogP contribution in [0.3, 0.4) is 0 Å². The van der Waals surface area contributed by atoms with E-state index in [4.69, 9.17) is 4.74 Å². The van der Waals surface area contributed by atoms with Crippen LogP contribution in [0.5, 0.6) is 5.88 Å². The number of fused-ring (bicyclic) bond motifs is 1. The van der Waals surface area contributed by atoms with Crippen molar-refractivity contribution in [2.75, 3.05) is 24.6 Å². The van der Waals surface area contributed by atoms with Crippen molar-refractivity contribution in [3.05, 3.63) is 70.1 Å². The van der Waals surface area contributed by atoms with Gasteiger partial charge in [0, 0.05) is 32.0 Å². The molecule has 1 aliphatic rings. The van der Waals surface area contributed by atoms with Crippen molar-refractivity contribution in [2.24, 2.45) is 0 Å². The fraction of sp³-hybridized carbons (Fsp3) is 0.381. The monoisotopic (exact) mass is 408 g/mol. The van der Waals surface area contributed by atoms with Crippen molar-refractivity contribution >= 4 is 11.5 Å². The summed E-state index contributed by atoms with van der Waals surface area (Å²) in [6.45, 7) is 4.09. The second-order valence-corrected chi connectivity index (χ2v) is 7.26. The SMILES string of the molecule is Cc1nc(OCCCn2ccnc2)c([N+](=O)[O-])c(N2CCc3ccccc3CC2)n1. The van der Waals surface area contributed by atoms with Crippen molar-refractivity contribution in [2.45, 2.75) is 32.7 Å². The Hall–Kier alpha value is -3.49. The van der Waals surface area contributed by atoms with Crippen LogP contribution < -0.4 is 9.64 Å². The lowest BCUT2D eigenvalue weighted by Gasteiger charge is -2.22. The molecule has 156 valence electrons. The fourth-order valence-corrected chi connectivity index (χ4v) is 3.72. The van der Waals surface area contributed by atoms with E-state index in [-0.39, 0.29) is 11.6 Å². The van der Waals surface area contributed by atoms with Crippen LogP contribution in [0.4, 0.5) is 11.5 Å². The molecule has 0 atom stereocenters. The molecular weight excluding hydrogens is 384 g/mol. The molecule has 0 unspecified atom stereocenters. The topological polar surface area (TPSA) is 99.2 Å². The summed E-state index contributed by atoms with van der Waals surface area (Å²) in [4.78, 5) is 26.1. The van der Waals surface area contributed by atoms with Gasteiger partial charge in [-0.3, -0.25) is 10.1 Å². The van der Waals surface area contributed by atoms with Gasteiger partial charge >= 0.3 is 5.69 Å². The van der Waals surface area contributed by atoms with Gasteiger partial charge < -0.3 is 14.2 Å². The van der Waals surface area contributed by atoms with Crippen molar-refractivity contribution in [1.29, 1.82) is 0 Å². The molecule has 0 fully saturated rings. The van der Waals surface area contributed by atoms with Gasteiger partial charge in [-0.2, -0.15) is 4.98 Å². The highest BCUT2D eigenvalue weighted by Gasteiger charge is 2.30. The van der Waals surface area contributed by atoms with Crippen LogP contribution in [0.2, 0.25) is 0 Å². The number of nitro groups is 1. The minimum Gasteiger partial charge on any atom is -0.473 e. The maximum atomic E-state index is 11.9. The summed E-state index contributed by atoms with van der Waals surface area (Å²) in [5, 5.41) is 11.9. The summed E-state index contributed by atoms with van der Waals surface area (Å²) in [6.07, 6.45) is 7.63. The van der Waals surface area contributed by atoms with Crippen LogP contribution in [0.1, 0.15) is 23.4 Å². The molecule has 9 heteroatoms. The fourth-order valence-electron chi connectivity index (χ4n) is 3.72. The summed E-state index contributed by atoms with van der Waals surface area (Å²) >= 11 is 0. The largest absolute Gasteiger partial charge is 0.473 e. The Morgan fingerprint density at radius 1 is 1.17 bits per heavy atom. The third-order valence-electron chi connectivity index (χ3n) is 5.21. The quantitative estimate of drug-likeness (QED) is 0.337. The Morgan fingerprint density at radius 3 is 2.53 bits per heavy atom. The smallest absolute Gasteiger partial charge is 0.372 e. The maximum absolute atomic E-state index is 11.9. The highest BCUT2D eigenvalue weighted by Crippen LogP contribution is 2.35. The zero-order valence-corrected chi connectivity index (χ0v) is 16.9. The molecule has 2 aromatic heterocycles. The minimum absolute atomic E-state index is 0.0369. The van der Waals surface area contributed by atoms with E-state index >= 15 is 0 Å². The third-order valence-corrected chi connectivity index (χ3v) is 5.21. The Kier molecular flexibility index (Phi) is 5.87. The Bertz CT molecular complexity index is 995. The lowest BCUT2D eigenvalue weighted by molar-refractivity contribution is -0.385. The number of hydrogen-bond donors (Lipinski definition) is 0. The standard InChI is InChI=1S/C21H24N6O3/c1-16-23-20(26-11-7-17-5-2-3-6-18(17)8-12-26)19(27(28)29)21(24-16)30-14-4-10-25-13-9-22-15-25/h2-3,5-6,9,13,15H,4,7-8,10-12,14H2,1H3. The summed E-state index contributed by atoms with van der Waals surface area (Å²) in [5.41, 5.74) is 2.41. The first-order chi connectivity index (χ1) is 14.6. The molecule has 0 bridgehead atoms. The van der Waals surface area contributed by atoms with Crippen molar-refractivity contribution in [3.63, 3.8) is 0 Å². The van der Waals surface area contributed by atoms with Gasteiger partial charge in [-0.05, 0) is 37.3 Å². The Morgan fingerprint density at radius 2 is 1.90 bits per heavy atom. The summed E-state index contributed by atoms with van der Waals surface area (Å²) in [6, 6.07) is 8.30. The molecule has 9 nitrogen and oxygen atoms in total. The van der Waals surface area contributed by atoms with Gasteiger partial charge in [-0.15, -0.1) is 0 Å². The predicted octanol–water partition coefficient (Wildman–Crippen LogP) is 2.96. The van der Waals surface area contributed by atoms with Crippen molar-refractivity contribution in [3.8, 4) is 5.88 Å². The van der Waals surface area contributed by atoms with Crippen molar-refractivity contribution in [1.82, 2.24) is 19.5 Å². The van der Waals surface area contributed by atoms with Crippen molar-refractivity contribution < 1.29 is 9.66 Å². The van der Waals surface area contributed by atoms with Gasteiger partial charge in [0.15, 0.2) is 0 Å². The molecule has 0 saturated carbocycles. The third kappa shape index (κ3) is 4.40. The van der Waals surface area contributed by atoms with E-state index in [1.165, 1.54) is 11.1 Å². The predicted molar refractivity (Wildman–Crippen MR) is 112 cm³/mol. The van der Waals surface area contributed by atoms with E-state index in [2.05, 4.69) is 27.1 Å². The molecule has 1 aliphatic heterocycles. The number of ether oxygens (including phenoxy) is 1. The molecule has 3 aromatic rings. The normalized spacial score (nSPS) is 13.6. The first-order valence-electron chi connectivity index (χ1n) is 10.0. The average Bonchev–Trinajstić information content (AvgIpc) is 3.15. The lowest BCUT2D eigenvalue weighted by atomic mass is 10.0. The second kappa shape index (κ2) is 8.89. The average molecular weight is 408 g/mol. The van der Waals surface area contributed by atoms with E-state index in [0.717, 1.165) is 19.4 Å². The molecule has 0 radical (unpaired) electrons. The number of nitrogens with zero attached hydrogens (tertiary/aromatic N) is 6. The number of anilines is 1. The molecular formula is C21H24N6O3. The van der Waals surface area contributed by atoms with Crippen LogP contribution in [0.15, 0.2) is 43.0 Å². The van der Waals surface area contributed by atoms with Gasteiger partial charge in [0.05, 0.1) is 17.9 Å². The molecule has 30 heavy (non-hydrogen) atoms. The Labute approximate surface area is 174 Å². The van der Waals surface area contributed by atoms with Crippen LogP contribution in [0.25, 0.3) is 0 Å². The molecule has 4 rings (SSSR count). The molecule has 1 aromatic carbocycles.